The van der Waals surface area contributed by atoms with E-state index in [2.05, 4.69) is 38.1 Å². The molecule has 0 aliphatic carbocycles. The van der Waals surface area contributed by atoms with Gasteiger partial charge in [-0.05, 0) is 34.9 Å². The smallest absolute Gasteiger partial charge is 0.132 e. The highest BCUT2D eigenvalue weighted by Gasteiger charge is 2.21. The van der Waals surface area contributed by atoms with Crippen molar-refractivity contribution in [3.8, 4) is 11.1 Å². The molecule has 0 unspecified atom stereocenters. The lowest BCUT2D eigenvalue weighted by molar-refractivity contribution is 0.122. The van der Waals surface area contributed by atoms with Gasteiger partial charge in [0.1, 0.15) is 12.1 Å². The summed E-state index contributed by atoms with van der Waals surface area (Å²) >= 11 is 0. The molecule has 0 atom stereocenters. The molecule has 0 N–H and O–H groups in total. The van der Waals surface area contributed by atoms with Crippen molar-refractivity contribution in [3.63, 3.8) is 0 Å². The van der Waals surface area contributed by atoms with Crippen LogP contribution in [-0.2, 0) is 11.3 Å². The minimum atomic E-state index is 0.693. The molecule has 0 radical (unpaired) electrons. The quantitative estimate of drug-likeness (QED) is 0.721. The third kappa shape index (κ3) is 3.08. The number of morpholine rings is 1. The molecule has 0 spiro atoms. The molecule has 3 aromatic rings. The fourth-order valence-corrected chi connectivity index (χ4v) is 3.57. The molecule has 2 aliphatic heterocycles. The summed E-state index contributed by atoms with van der Waals surface area (Å²) in [6, 6.07) is 12.6. The second-order valence-electron chi connectivity index (χ2n) is 6.63. The average molecular weight is 357 g/mol. The van der Waals surface area contributed by atoms with Gasteiger partial charge >= 0.3 is 0 Å². The van der Waals surface area contributed by atoms with Gasteiger partial charge in [0.25, 0.3) is 0 Å². The largest absolute Gasteiger partial charge is 0.378 e. The van der Waals surface area contributed by atoms with Gasteiger partial charge in [0.15, 0.2) is 0 Å². The van der Waals surface area contributed by atoms with E-state index in [1.54, 1.807) is 6.33 Å². The molecule has 0 saturated carbocycles. The van der Waals surface area contributed by atoms with Crippen molar-refractivity contribution in [1.29, 1.82) is 0 Å². The Morgan fingerprint density at radius 1 is 0.889 bits per heavy atom. The summed E-state index contributed by atoms with van der Waals surface area (Å²) in [5, 5.41) is 0. The number of pyridine rings is 1. The zero-order valence-electron chi connectivity index (χ0n) is 14.9. The SMILES string of the molecule is c1cc(-c2ccc3c(c2)C(c2cc(N4CCOCC4)ncn2)=NC3)ccn1. The molecule has 4 heterocycles. The number of benzene rings is 1. The molecule has 2 aliphatic rings. The second-order valence-corrected chi connectivity index (χ2v) is 6.63. The Bertz CT molecular complexity index is 996. The monoisotopic (exact) mass is 357 g/mol. The third-order valence-electron chi connectivity index (χ3n) is 5.02. The number of rotatable bonds is 3. The molecule has 0 amide bonds. The van der Waals surface area contributed by atoms with Crippen molar-refractivity contribution < 1.29 is 4.74 Å². The zero-order chi connectivity index (χ0) is 18.1. The van der Waals surface area contributed by atoms with Gasteiger partial charge in [-0.1, -0.05) is 12.1 Å². The lowest BCUT2D eigenvalue weighted by Crippen LogP contribution is -2.36. The van der Waals surface area contributed by atoms with Crippen LogP contribution in [-0.4, -0.2) is 47.0 Å². The van der Waals surface area contributed by atoms with Gasteiger partial charge in [-0.15, -0.1) is 0 Å². The fraction of sp³-hybridized carbons (Fsp3) is 0.238. The summed E-state index contributed by atoms with van der Waals surface area (Å²) in [4.78, 5) is 20.1. The molecule has 6 heteroatoms. The van der Waals surface area contributed by atoms with Gasteiger partial charge in [0, 0.05) is 37.1 Å². The summed E-state index contributed by atoms with van der Waals surface area (Å²) < 4.78 is 5.44. The maximum Gasteiger partial charge on any atom is 0.132 e. The number of hydrogen-bond donors (Lipinski definition) is 0. The van der Waals surface area contributed by atoms with Gasteiger partial charge < -0.3 is 9.64 Å². The highest BCUT2D eigenvalue weighted by Crippen LogP contribution is 2.28. The first-order valence-corrected chi connectivity index (χ1v) is 9.12. The van der Waals surface area contributed by atoms with Crippen molar-refractivity contribution in [2.45, 2.75) is 6.54 Å². The zero-order valence-corrected chi connectivity index (χ0v) is 14.9. The number of nitrogens with zero attached hydrogens (tertiary/aromatic N) is 5. The van der Waals surface area contributed by atoms with Crippen LogP contribution in [0.15, 0.2) is 60.1 Å². The molecule has 1 aromatic carbocycles. The first-order chi connectivity index (χ1) is 13.4. The van der Waals surface area contributed by atoms with E-state index in [1.807, 2.05) is 30.6 Å². The van der Waals surface area contributed by atoms with E-state index >= 15 is 0 Å². The van der Waals surface area contributed by atoms with E-state index in [-0.39, 0.29) is 0 Å². The lowest BCUT2D eigenvalue weighted by Gasteiger charge is -2.27. The van der Waals surface area contributed by atoms with Crippen molar-refractivity contribution in [2.24, 2.45) is 4.99 Å². The third-order valence-corrected chi connectivity index (χ3v) is 5.02. The first-order valence-electron chi connectivity index (χ1n) is 9.12. The molecular formula is C21H19N5O. The highest BCUT2D eigenvalue weighted by atomic mass is 16.5. The van der Waals surface area contributed by atoms with E-state index in [9.17, 15) is 0 Å². The van der Waals surface area contributed by atoms with E-state index in [1.165, 1.54) is 5.56 Å². The molecule has 27 heavy (non-hydrogen) atoms. The number of aromatic nitrogens is 3. The Morgan fingerprint density at radius 3 is 2.59 bits per heavy atom. The Labute approximate surface area is 157 Å². The highest BCUT2D eigenvalue weighted by molar-refractivity contribution is 6.14. The number of anilines is 1. The van der Waals surface area contributed by atoms with E-state index in [0.29, 0.717) is 6.54 Å². The normalized spacial score (nSPS) is 16.1. The van der Waals surface area contributed by atoms with E-state index in [4.69, 9.17) is 9.73 Å². The van der Waals surface area contributed by atoms with Crippen LogP contribution < -0.4 is 4.90 Å². The molecule has 2 aromatic heterocycles. The average Bonchev–Trinajstić information content (AvgIpc) is 3.18. The summed E-state index contributed by atoms with van der Waals surface area (Å²) in [5.74, 6) is 0.935. The van der Waals surface area contributed by atoms with Crippen LogP contribution in [0.5, 0.6) is 0 Å². The van der Waals surface area contributed by atoms with E-state index in [0.717, 1.165) is 60.2 Å². The Balaban J connectivity index is 1.50. The van der Waals surface area contributed by atoms with Crippen LogP contribution in [0.3, 0.4) is 0 Å². The van der Waals surface area contributed by atoms with Gasteiger partial charge in [0.05, 0.1) is 31.2 Å². The van der Waals surface area contributed by atoms with Crippen LogP contribution in [0, 0.1) is 0 Å². The van der Waals surface area contributed by atoms with E-state index < -0.39 is 0 Å². The Kier molecular flexibility index (Phi) is 4.10. The topological polar surface area (TPSA) is 63.5 Å². The predicted molar refractivity (Wildman–Crippen MR) is 104 cm³/mol. The number of fused-ring (bicyclic) bond motifs is 1. The molecule has 5 rings (SSSR count). The standard InChI is InChI=1S/C21H19N5O/c1-2-17-13-23-21(18(17)11-16(1)15-3-5-22-6-4-15)19-12-20(25-14-24-19)26-7-9-27-10-8-26/h1-6,11-12,14H,7-10,13H2. The lowest BCUT2D eigenvalue weighted by atomic mass is 9.97. The Morgan fingerprint density at radius 2 is 1.74 bits per heavy atom. The van der Waals surface area contributed by atoms with Crippen LogP contribution >= 0.6 is 0 Å². The molecule has 134 valence electrons. The van der Waals surface area contributed by atoms with Gasteiger partial charge in [-0.25, -0.2) is 9.97 Å². The maximum absolute atomic E-state index is 5.44. The van der Waals surface area contributed by atoms with Crippen molar-refractivity contribution in [1.82, 2.24) is 15.0 Å². The number of hydrogen-bond acceptors (Lipinski definition) is 6. The maximum atomic E-state index is 5.44. The van der Waals surface area contributed by atoms with Crippen LogP contribution in [0.1, 0.15) is 16.8 Å². The molecular weight excluding hydrogens is 338 g/mol. The number of ether oxygens (including phenoxy) is 1. The first kappa shape index (κ1) is 16.1. The van der Waals surface area contributed by atoms with Crippen LogP contribution in [0.4, 0.5) is 5.82 Å². The van der Waals surface area contributed by atoms with Gasteiger partial charge in [-0.2, -0.15) is 0 Å². The summed E-state index contributed by atoms with van der Waals surface area (Å²) in [5.41, 5.74) is 6.50. The molecule has 1 fully saturated rings. The molecule has 0 bridgehead atoms. The van der Waals surface area contributed by atoms with Crippen molar-refractivity contribution >= 4 is 11.5 Å². The van der Waals surface area contributed by atoms with Crippen LogP contribution in [0.2, 0.25) is 0 Å². The fourth-order valence-electron chi connectivity index (χ4n) is 3.57. The number of aliphatic imine (C=N–C) groups is 1. The molecule has 6 nitrogen and oxygen atoms in total. The second kappa shape index (κ2) is 6.89. The minimum absolute atomic E-state index is 0.693. The van der Waals surface area contributed by atoms with Crippen molar-refractivity contribution in [2.75, 3.05) is 31.2 Å². The Hall–Kier alpha value is -3.12. The van der Waals surface area contributed by atoms with Gasteiger partial charge in [-0.3, -0.25) is 9.98 Å². The van der Waals surface area contributed by atoms with Crippen molar-refractivity contribution in [3.05, 3.63) is 71.9 Å². The van der Waals surface area contributed by atoms with Gasteiger partial charge in [0.2, 0.25) is 0 Å². The molecule has 1 saturated heterocycles. The summed E-state index contributed by atoms with van der Waals surface area (Å²) in [7, 11) is 0. The van der Waals surface area contributed by atoms with Crippen LogP contribution in [0.25, 0.3) is 11.1 Å². The summed E-state index contributed by atoms with van der Waals surface area (Å²) in [6.45, 7) is 3.87. The minimum Gasteiger partial charge on any atom is -0.378 e. The summed E-state index contributed by atoms with van der Waals surface area (Å²) in [6.07, 6.45) is 5.26. The predicted octanol–water partition coefficient (Wildman–Crippen LogP) is 2.73.